The number of rotatable bonds is 3. The first-order valence-corrected chi connectivity index (χ1v) is 9.46. The Labute approximate surface area is 164 Å². The molecule has 0 saturated heterocycles. The Morgan fingerprint density at radius 1 is 0.821 bits per heavy atom. The molecule has 6 heteroatoms. The molecule has 0 amide bonds. The number of phenolic OH excluding ortho intramolecular Hbond substituents is 1. The lowest BCUT2D eigenvalue weighted by Gasteiger charge is -2.29. The maximum absolute atomic E-state index is 10.5. The van der Waals surface area contributed by atoms with Gasteiger partial charge in [0.25, 0.3) is 0 Å². The van der Waals surface area contributed by atoms with Crippen molar-refractivity contribution in [3.8, 4) is 45.6 Å². The molecule has 4 rings (SSSR count). The highest BCUT2D eigenvalue weighted by Gasteiger charge is 2.34. The van der Waals surface area contributed by atoms with Crippen LogP contribution in [0.15, 0.2) is 12.1 Å². The molecule has 0 bridgehead atoms. The average Bonchev–Trinajstić information content (AvgIpc) is 3.14. The van der Waals surface area contributed by atoms with Gasteiger partial charge in [0.1, 0.15) is 0 Å². The molecular weight excluding hydrogens is 360 g/mol. The van der Waals surface area contributed by atoms with Crippen molar-refractivity contribution in [1.82, 2.24) is 0 Å². The SMILES string of the molecule is COc1c(O)cc2c(c1OC)-c1c(cc3c(c1OC)OCO3)CC(C)C(C)C2. The summed E-state index contributed by atoms with van der Waals surface area (Å²) in [4.78, 5) is 0. The van der Waals surface area contributed by atoms with Gasteiger partial charge in [-0.15, -0.1) is 0 Å². The van der Waals surface area contributed by atoms with Crippen LogP contribution < -0.4 is 23.7 Å². The van der Waals surface area contributed by atoms with E-state index in [9.17, 15) is 5.11 Å². The maximum atomic E-state index is 10.5. The van der Waals surface area contributed by atoms with Gasteiger partial charge < -0.3 is 28.8 Å². The van der Waals surface area contributed by atoms with E-state index in [0.717, 1.165) is 35.1 Å². The van der Waals surface area contributed by atoms with Crippen molar-refractivity contribution in [1.29, 1.82) is 0 Å². The van der Waals surface area contributed by atoms with Crippen LogP contribution in [0.25, 0.3) is 11.1 Å². The second-order valence-electron chi connectivity index (χ2n) is 7.54. The highest BCUT2D eigenvalue weighted by Crippen LogP contribution is 2.56. The van der Waals surface area contributed by atoms with Crippen LogP contribution in [0.5, 0.6) is 34.5 Å². The van der Waals surface area contributed by atoms with Gasteiger partial charge in [-0.05, 0) is 47.9 Å². The summed E-state index contributed by atoms with van der Waals surface area (Å²) in [6, 6.07) is 3.82. The van der Waals surface area contributed by atoms with Gasteiger partial charge in [0, 0.05) is 11.1 Å². The molecule has 1 aliphatic carbocycles. The van der Waals surface area contributed by atoms with Crippen LogP contribution in [0.4, 0.5) is 0 Å². The zero-order valence-electron chi connectivity index (χ0n) is 16.9. The third-order valence-electron chi connectivity index (χ3n) is 5.92. The molecule has 1 aliphatic heterocycles. The van der Waals surface area contributed by atoms with Gasteiger partial charge >= 0.3 is 0 Å². The number of hydrogen-bond acceptors (Lipinski definition) is 6. The number of methoxy groups -OCH3 is 3. The Bertz CT molecular complexity index is 903. The van der Waals surface area contributed by atoms with Gasteiger partial charge in [-0.1, -0.05) is 13.8 Å². The molecule has 1 N–H and O–H groups in total. The molecule has 0 aromatic heterocycles. The molecule has 0 saturated carbocycles. The van der Waals surface area contributed by atoms with Gasteiger partial charge in [-0.3, -0.25) is 0 Å². The lowest BCUT2D eigenvalue weighted by molar-refractivity contribution is 0.171. The van der Waals surface area contributed by atoms with Crippen LogP contribution in [0, 0.1) is 11.8 Å². The largest absolute Gasteiger partial charge is 0.504 e. The summed E-state index contributed by atoms with van der Waals surface area (Å²) < 4.78 is 28.4. The normalized spacial score (nSPS) is 19.9. The van der Waals surface area contributed by atoms with E-state index in [1.165, 1.54) is 7.11 Å². The lowest BCUT2D eigenvalue weighted by atomic mass is 9.77. The fourth-order valence-corrected chi connectivity index (χ4v) is 4.29. The molecule has 150 valence electrons. The topological polar surface area (TPSA) is 66.4 Å². The molecule has 2 aromatic carbocycles. The third-order valence-corrected chi connectivity index (χ3v) is 5.92. The van der Waals surface area contributed by atoms with Gasteiger partial charge in [-0.2, -0.15) is 0 Å². The van der Waals surface area contributed by atoms with Gasteiger partial charge in [-0.25, -0.2) is 0 Å². The molecule has 2 aromatic rings. The van der Waals surface area contributed by atoms with Crippen molar-refractivity contribution in [3.63, 3.8) is 0 Å². The van der Waals surface area contributed by atoms with E-state index in [2.05, 4.69) is 13.8 Å². The number of fused-ring (bicyclic) bond motifs is 4. The second kappa shape index (κ2) is 7.00. The van der Waals surface area contributed by atoms with Crippen molar-refractivity contribution in [2.75, 3.05) is 28.1 Å². The standard InChI is InChI=1S/C22H26O6/c1-11-6-13-8-15(23)19(24-3)21(25-4)17(13)18-14(7-12(11)2)9-16-20(22(18)26-5)28-10-27-16/h8-9,11-12,23H,6-7,10H2,1-5H3. The molecule has 1 heterocycles. The zero-order chi connectivity index (χ0) is 20.0. The summed E-state index contributed by atoms with van der Waals surface area (Å²) in [6.45, 7) is 4.65. The number of benzene rings is 2. The molecule has 0 spiro atoms. The molecule has 0 radical (unpaired) electrons. The van der Waals surface area contributed by atoms with Crippen LogP contribution in [0.1, 0.15) is 25.0 Å². The van der Waals surface area contributed by atoms with E-state index in [1.54, 1.807) is 20.3 Å². The van der Waals surface area contributed by atoms with Crippen LogP contribution >= 0.6 is 0 Å². The third kappa shape index (κ3) is 2.70. The quantitative estimate of drug-likeness (QED) is 0.853. The summed E-state index contributed by atoms with van der Waals surface area (Å²) in [5, 5.41) is 10.5. The van der Waals surface area contributed by atoms with Gasteiger partial charge in [0.2, 0.25) is 18.3 Å². The van der Waals surface area contributed by atoms with Crippen molar-refractivity contribution >= 4 is 0 Å². The number of phenols is 1. The first kappa shape index (κ1) is 18.6. The van der Waals surface area contributed by atoms with E-state index in [-0.39, 0.29) is 12.5 Å². The molecule has 28 heavy (non-hydrogen) atoms. The Morgan fingerprint density at radius 2 is 1.39 bits per heavy atom. The van der Waals surface area contributed by atoms with Crippen molar-refractivity contribution in [2.45, 2.75) is 26.7 Å². The zero-order valence-corrected chi connectivity index (χ0v) is 16.9. The Balaban J connectivity index is 2.12. The molecule has 2 atom stereocenters. The Morgan fingerprint density at radius 3 is 2.00 bits per heavy atom. The monoisotopic (exact) mass is 386 g/mol. The minimum Gasteiger partial charge on any atom is -0.504 e. The summed E-state index contributed by atoms with van der Waals surface area (Å²) in [5.41, 5.74) is 3.89. The predicted octanol–water partition coefficient (Wildman–Crippen LogP) is 4.18. The van der Waals surface area contributed by atoms with Gasteiger partial charge in [0.15, 0.2) is 23.0 Å². The molecule has 0 fully saturated rings. The summed E-state index contributed by atoms with van der Waals surface area (Å²) in [5.74, 6) is 3.66. The van der Waals surface area contributed by atoms with E-state index in [0.29, 0.717) is 40.6 Å². The maximum Gasteiger partial charge on any atom is 0.231 e. The second-order valence-corrected chi connectivity index (χ2v) is 7.54. The smallest absolute Gasteiger partial charge is 0.231 e. The fourth-order valence-electron chi connectivity index (χ4n) is 4.29. The predicted molar refractivity (Wildman–Crippen MR) is 105 cm³/mol. The number of ether oxygens (including phenoxy) is 5. The van der Waals surface area contributed by atoms with Crippen molar-refractivity contribution in [2.24, 2.45) is 11.8 Å². The van der Waals surface area contributed by atoms with Gasteiger partial charge in [0.05, 0.1) is 21.3 Å². The minimum atomic E-state index is 0.0692. The number of hydrogen-bond donors (Lipinski definition) is 1. The van der Waals surface area contributed by atoms with Crippen molar-refractivity contribution < 1.29 is 28.8 Å². The van der Waals surface area contributed by atoms with E-state index < -0.39 is 0 Å². The highest BCUT2D eigenvalue weighted by molar-refractivity contribution is 5.88. The average molecular weight is 386 g/mol. The van der Waals surface area contributed by atoms with Crippen LogP contribution in [0.3, 0.4) is 0 Å². The minimum absolute atomic E-state index is 0.0692. The van der Waals surface area contributed by atoms with Crippen molar-refractivity contribution in [3.05, 3.63) is 23.3 Å². The van der Waals surface area contributed by atoms with E-state index in [1.807, 2.05) is 6.07 Å². The fraction of sp³-hybridized carbons (Fsp3) is 0.455. The Hall–Kier alpha value is -2.76. The first-order chi connectivity index (χ1) is 13.5. The molecule has 2 unspecified atom stereocenters. The lowest BCUT2D eigenvalue weighted by Crippen LogP contribution is -2.18. The van der Waals surface area contributed by atoms with Crippen LogP contribution in [-0.4, -0.2) is 33.2 Å². The number of aromatic hydroxyl groups is 1. The van der Waals surface area contributed by atoms with E-state index in [4.69, 9.17) is 23.7 Å². The summed E-state index contributed by atoms with van der Waals surface area (Å²) in [7, 11) is 4.74. The molecular formula is C22H26O6. The first-order valence-electron chi connectivity index (χ1n) is 9.46. The molecule has 6 nitrogen and oxygen atoms in total. The molecule has 2 aliphatic rings. The van der Waals surface area contributed by atoms with E-state index >= 15 is 0 Å². The van der Waals surface area contributed by atoms with Crippen LogP contribution in [-0.2, 0) is 12.8 Å². The summed E-state index contributed by atoms with van der Waals surface area (Å²) >= 11 is 0. The highest BCUT2D eigenvalue weighted by atomic mass is 16.7. The van der Waals surface area contributed by atoms with Crippen LogP contribution in [0.2, 0.25) is 0 Å². The summed E-state index contributed by atoms with van der Waals surface area (Å²) in [6.07, 6.45) is 1.68. The Kier molecular flexibility index (Phi) is 4.65.